The van der Waals surface area contributed by atoms with Gasteiger partial charge in [0, 0.05) is 17.3 Å². The third kappa shape index (κ3) is 5.24. The van der Waals surface area contributed by atoms with Crippen LogP contribution in [0.3, 0.4) is 0 Å². The van der Waals surface area contributed by atoms with Crippen molar-refractivity contribution in [2.45, 2.75) is 65.5 Å². The van der Waals surface area contributed by atoms with Crippen LogP contribution in [0.15, 0.2) is 4.99 Å². The molecule has 1 saturated heterocycles. The smallest absolute Gasteiger partial charge is 0.157 e. The van der Waals surface area contributed by atoms with Crippen LogP contribution in [0.5, 0.6) is 0 Å². The molecule has 0 aromatic carbocycles. The van der Waals surface area contributed by atoms with Gasteiger partial charge in [-0.3, -0.25) is 4.99 Å². The fourth-order valence-electron chi connectivity index (χ4n) is 1.70. The van der Waals surface area contributed by atoms with Crippen LogP contribution in [-0.4, -0.2) is 22.5 Å². The van der Waals surface area contributed by atoms with E-state index in [1.54, 1.807) is 0 Å². The van der Waals surface area contributed by atoms with E-state index in [0.717, 1.165) is 11.1 Å². The molecular formula is C13H26N2S. The Balaban J connectivity index is 2.43. The number of thioether (sulfide) groups is 1. The molecule has 3 heteroatoms. The first-order valence-electron chi connectivity index (χ1n) is 6.38. The van der Waals surface area contributed by atoms with Crippen LogP contribution in [-0.2, 0) is 0 Å². The van der Waals surface area contributed by atoms with Crippen LogP contribution < -0.4 is 5.32 Å². The summed E-state index contributed by atoms with van der Waals surface area (Å²) in [6, 6.07) is 0.450. The van der Waals surface area contributed by atoms with Crippen molar-refractivity contribution in [1.82, 2.24) is 5.32 Å². The highest BCUT2D eigenvalue weighted by Gasteiger charge is 2.24. The second-order valence-electron chi connectivity index (χ2n) is 5.86. The number of nitrogens with one attached hydrogen (secondary N) is 1. The summed E-state index contributed by atoms with van der Waals surface area (Å²) in [6.45, 7) is 11.3. The summed E-state index contributed by atoms with van der Waals surface area (Å²) in [7, 11) is 0. The molecule has 1 rings (SSSR count). The monoisotopic (exact) mass is 242 g/mol. The van der Waals surface area contributed by atoms with E-state index < -0.39 is 0 Å². The SMILES string of the molecule is CC(C)CCC(C)N=C1NC(C)(C)CCS1. The van der Waals surface area contributed by atoms with E-state index in [9.17, 15) is 0 Å². The number of nitrogens with zero attached hydrogens (tertiary/aromatic N) is 1. The number of aliphatic imine (C=N–C) groups is 1. The van der Waals surface area contributed by atoms with Gasteiger partial charge in [-0.25, -0.2) is 0 Å². The molecule has 0 spiro atoms. The summed E-state index contributed by atoms with van der Waals surface area (Å²) >= 11 is 1.87. The lowest BCUT2D eigenvalue weighted by atomic mass is 10.0. The minimum absolute atomic E-state index is 0.224. The summed E-state index contributed by atoms with van der Waals surface area (Å²) < 4.78 is 0. The van der Waals surface area contributed by atoms with E-state index in [-0.39, 0.29) is 5.54 Å². The Morgan fingerprint density at radius 2 is 2.00 bits per heavy atom. The summed E-state index contributed by atoms with van der Waals surface area (Å²) in [5.41, 5.74) is 0.224. The van der Waals surface area contributed by atoms with Gasteiger partial charge in [-0.2, -0.15) is 0 Å². The van der Waals surface area contributed by atoms with E-state index in [2.05, 4.69) is 39.9 Å². The van der Waals surface area contributed by atoms with Crippen molar-refractivity contribution in [3.8, 4) is 0 Å². The maximum absolute atomic E-state index is 4.77. The Morgan fingerprint density at radius 1 is 1.31 bits per heavy atom. The van der Waals surface area contributed by atoms with Gasteiger partial charge in [-0.05, 0) is 46.0 Å². The molecule has 0 aromatic heterocycles. The summed E-state index contributed by atoms with van der Waals surface area (Å²) in [5, 5.41) is 4.67. The van der Waals surface area contributed by atoms with Gasteiger partial charge in [0.2, 0.25) is 0 Å². The Hall–Kier alpha value is -0.180. The van der Waals surface area contributed by atoms with Gasteiger partial charge >= 0.3 is 0 Å². The molecule has 0 bridgehead atoms. The van der Waals surface area contributed by atoms with Crippen molar-refractivity contribution in [3.63, 3.8) is 0 Å². The zero-order chi connectivity index (χ0) is 12.2. The maximum atomic E-state index is 4.77. The van der Waals surface area contributed by atoms with Crippen molar-refractivity contribution in [1.29, 1.82) is 0 Å². The molecule has 0 amide bonds. The van der Waals surface area contributed by atoms with Gasteiger partial charge in [0.25, 0.3) is 0 Å². The molecule has 1 fully saturated rings. The fourth-order valence-corrected chi connectivity index (χ4v) is 3.11. The van der Waals surface area contributed by atoms with Gasteiger partial charge in [0.15, 0.2) is 5.17 Å². The highest BCUT2D eigenvalue weighted by molar-refractivity contribution is 8.13. The Kier molecular flexibility index (Phi) is 5.16. The number of amidine groups is 1. The minimum atomic E-state index is 0.224. The van der Waals surface area contributed by atoms with Crippen LogP contribution in [0, 0.1) is 5.92 Å². The highest BCUT2D eigenvalue weighted by atomic mass is 32.2. The first-order chi connectivity index (χ1) is 7.39. The molecule has 1 N–H and O–H groups in total. The fraction of sp³-hybridized carbons (Fsp3) is 0.923. The molecule has 0 aliphatic carbocycles. The zero-order valence-corrected chi connectivity index (χ0v) is 12.2. The molecule has 16 heavy (non-hydrogen) atoms. The molecular weight excluding hydrogens is 216 g/mol. The average Bonchev–Trinajstić information content (AvgIpc) is 2.13. The zero-order valence-electron chi connectivity index (χ0n) is 11.3. The van der Waals surface area contributed by atoms with E-state index in [1.807, 2.05) is 11.8 Å². The largest absolute Gasteiger partial charge is 0.360 e. The highest BCUT2D eigenvalue weighted by Crippen LogP contribution is 2.22. The van der Waals surface area contributed by atoms with Gasteiger partial charge < -0.3 is 5.32 Å². The lowest BCUT2D eigenvalue weighted by molar-refractivity contribution is 0.443. The van der Waals surface area contributed by atoms with Crippen LogP contribution in [0.4, 0.5) is 0 Å². The lowest BCUT2D eigenvalue weighted by Crippen LogP contribution is -2.46. The first-order valence-corrected chi connectivity index (χ1v) is 7.36. The molecule has 0 radical (unpaired) electrons. The van der Waals surface area contributed by atoms with Crippen molar-refractivity contribution >= 4 is 16.9 Å². The second-order valence-corrected chi connectivity index (χ2v) is 6.95. The van der Waals surface area contributed by atoms with E-state index >= 15 is 0 Å². The Bertz CT molecular complexity index is 246. The Labute approximate surface area is 105 Å². The van der Waals surface area contributed by atoms with Crippen molar-refractivity contribution in [3.05, 3.63) is 0 Å². The molecule has 1 aliphatic rings. The number of hydrogen-bond donors (Lipinski definition) is 1. The van der Waals surface area contributed by atoms with Crippen molar-refractivity contribution < 1.29 is 0 Å². The second kappa shape index (κ2) is 5.95. The quantitative estimate of drug-likeness (QED) is 0.813. The molecule has 0 aromatic rings. The van der Waals surface area contributed by atoms with Gasteiger partial charge in [-0.15, -0.1) is 0 Å². The number of hydrogen-bond acceptors (Lipinski definition) is 2. The van der Waals surface area contributed by atoms with Crippen LogP contribution in [0.25, 0.3) is 0 Å². The predicted molar refractivity (Wildman–Crippen MR) is 75.3 cm³/mol. The summed E-state index contributed by atoms with van der Waals surface area (Å²) in [4.78, 5) is 4.77. The third-order valence-electron chi connectivity index (χ3n) is 2.91. The summed E-state index contributed by atoms with van der Waals surface area (Å²) in [6.07, 6.45) is 3.69. The van der Waals surface area contributed by atoms with Gasteiger partial charge in [-0.1, -0.05) is 25.6 Å². The van der Waals surface area contributed by atoms with Crippen LogP contribution >= 0.6 is 11.8 Å². The van der Waals surface area contributed by atoms with Crippen molar-refractivity contribution in [2.24, 2.45) is 10.9 Å². The normalized spacial score (nSPS) is 24.5. The predicted octanol–water partition coefficient (Wildman–Crippen LogP) is 3.67. The standard InChI is InChI=1S/C13H26N2S/c1-10(2)6-7-11(3)14-12-15-13(4,5)8-9-16-12/h10-11H,6-9H2,1-5H3,(H,14,15). The average molecular weight is 242 g/mol. The van der Waals surface area contributed by atoms with E-state index in [1.165, 1.54) is 25.0 Å². The van der Waals surface area contributed by atoms with Gasteiger partial charge in [0.05, 0.1) is 0 Å². The van der Waals surface area contributed by atoms with Crippen LogP contribution in [0.1, 0.15) is 53.9 Å². The molecule has 1 unspecified atom stereocenters. The topological polar surface area (TPSA) is 24.4 Å². The maximum Gasteiger partial charge on any atom is 0.157 e. The van der Waals surface area contributed by atoms with E-state index in [0.29, 0.717) is 6.04 Å². The van der Waals surface area contributed by atoms with Crippen LogP contribution in [0.2, 0.25) is 0 Å². The Morgan fingerprint density at radius 3 is 2.56 bits per heavy atom. The molecule has 0 saturated carbocycles. The lowest BCUT2D eigenvalue weighted by Gasteiger charge is -2.32. The van der Waals surface area contributed by atoms with E-state index in [4.69, 9.17) is 4.99 Å². The third-order valence-corrected chi connectivity index (χ3v) is 3.80. The summed E-state index contributed by atoms with van der Waals surface area (Å²) in [5.74, 6) is 1.97. The van der Waals surface area contributed by atoms with Crippen molar-refractivity contribution in [2.75, 3.05) is 5.75 Å². The molecule has 1 aliphatic heterocycles. The van der Waals surface area contributed by atoms with Gasteiger partial charge in [0.1, 0.15) is 0 Å². The minimum Gasteiger partial charge on any atom is -0.360 e. The molecule has 2 nitrogen and oxygen atoms in total. The molecule has 1 heterocycles. The molecule has 1 atom stereocenters. The number of rotatable bonds is 4. The first kappa shape index (κ1) is 13.9. The molecule has 94 valence electrons.